The molecule has 3 atom stereocenters. The zero-order chi connectivity index (χ0) is 42.6. The van der Waals surface area contributed by atoms with Gasteiger partial charge in [0.2, 0.25) is 0 Å². The highest BCUT2D eigenvalue weighted by Crippen LogP contribution is 2.43. The number of phosphoric ester groups is 1. The number of hydrogen-bond acceptors (Lipinski definition) is 9. The second-order valence-electron chi connectivity index (χ2n) is 15.8. The molecular weight excluding hydrogens is 755 g/mol. The highest BCUT2D eigenvalue weighted by Gasteiger charge is 2.27. The van der Waals surface area contributed by atoms with Crippen LogP contribution in [0.25, 0.3) is 0 Å². The van der Waals surface area contributed by atoms with Crippen LogP contribution < -0.4 is 0 Å². The molecular formula is C47H87O10P. The normalized spacial score (nSPS) is 14.1. The van der Waals surface area contributed by atoms with E-state index in [9.17, 15) is 24.2 Å². The maximum absolute atomic E-state index is 12.6. The first kappa shape index (κ1) is 56.2. The van der Waals surface area contributed by atoms with E-state index in [4.69, 9.17) is 23.6 Å². The predicted molar refractivity (Wildman–Crippen MR) is 238 cm³/mol. The third-order valence-electron chi connectivity index (χ3n) is 10.1. The monoisotopic (exact) mass is 843 g/mol. The molecule has 0 aromatic heterocycles. The molecule has 0 heterocycles. The van der Waals surface area contributed by atoms with Crippen molar-refractivity contribution >= 4 is 19.8 Å². The van der Waals surface area contributed by atoms with Crippen LogP contribution in [-0.4, -0.2) is 65.7 Å². The first-order valence-electron chi connectivity index (χ1n) is 23.4. The molecule has 0 radical (unpaired) electrons. The molecule has 0 saturated heterocycles. The molecule has 0 saturated carbocycles. The number of ether oxygens (including phenoxy) is 2. The third-order valence-corrected chi connectivity index (χ3v) is 11.0. The van der Waals surface area contributed by atoms with Crippen LogP contribution in [0, 0.1) is 0 Å². The molecule has 340 valence electrons. The summed E-state index contributed by atoms with van der Waals surface area (Å²) >= 11 is 0. The SMILES string of the molecule is CC/C=C/C/C=C/C/C=C/CCCCCCCC(=O)O[C@H](COC(=O)CCCCCCCCCCCCCCCCCCCCCC)COP(=O)(O)OC[C@H](O)CO. The topological polar surface area (TPSA) is 149 Å². The van der Waals surface area contributed by atoms with Gasteiger partial charge < -0.3 is 24.6 Å². The van der Waals surface area contributed by atoms with E-state index in [0.717, 1.165) is 70.6 Å². The van der Waals surface area contributed by atoms with E-state index in [2.05, 4.69) is 50.3 Å². The van der Waals surface area contributed by atoms with Crippen LogP contribution in [0.5, 0.6) is 0 Å². The van der Waals surface area contributed by atoms with Crippen molar-refractivity contribution in [2.75, 3.05) is 26.4 Å². The van der Waals surface area contributed by atoms with Crippen LogP contribution in [-0.2, 0) is 32.7 Å². The minimum Gasteiger partial charge on any atom is -0.462 e. The van der Waals surface area contributed by atoms with Crippen LogP contribution in [0.2, 0.25) is 0 Å². The largest absolute Gasteiger partial charge is 0.472 e. The fraction of sp³-hybridized carbons (Fsp3) is 0.830. The van der Waals surface area contributed by atoms with E-state index in [1.165, 1.54) is 103 Å². The van der Waals surface area contributed by atoms with E-state index in [0.29, 0.717) is 12.8 Å². The quantitative estimate of drug-likeness (QED) is 0.0234. The van der Waals surface area contributed by atoms with Crippen molar-refractivity contribution in [3.05, 3.63) is 36.5 Å². The smallest absolute Gasteiger partial charge is 0.462 e. The summed E-state index contributed by atoms with van der Waals surface area (Å²) in [7, 11) is -4.62. The van der Waals surface area contributed by atoms with Crippen LogP contribution in [0.3, 0.4) is 0 Å². The fourth-order valence-electron chi connectivity index (χ4n) is 6.48. The molecule has 11 heteroatoms. The second kappa shape index (κ2) is 43.3. The molecule has 0 aliphatic heterocycles. The Morgan fingerprint density at radius 1 is 0.534 bits per heavy atom. The third kappa shape index (κ3) is 42.3. The minimum atomic E-state index is -4.62. The number of rotatable bonds is 44. The maximum atomic E-state index is 12.6. The lowest BCUT2D eigenvalue weighted by molar-refractivity contribution is -0.161. The van der Waals surface area contributed by atoms with Gasteiger partial charge in [0, 0.05) is 12.8 Å². The van der Waals surface area contributed by atoms with Gasteiger partial charge in [0.1, 0.15) is 12.7 Å². The average Bonchev–Trinajstić information content (AvgIpc) is 3.21. The standard InChI is InChI=1S/C47H87O10P/c1-3-5-7-9-11-13-15-17-19-20-21-22-23-25-26-28-30-32-34-36-38-46(50)54-42-45(43-56-58(52,53)55-41-44(49)40-48)57-47(51)39-37-35-33-31-29-27-24-18-16-14-12-10-8-6-4-2/h6,8,12,14,18,24,44-45,48-49H,3-5,7,9-11,13,15-17,19-23,25-43H2,1-2H3,(H,52,53)/b8-6+,14-12+,24-18+/t44-,45-/m1/s1. The van der Waals surface area contributed by atoms with E-state index in [1.54, 1.807) is 0 Å². The van der Waals surface area contributed by atoms with Crippen molar-refractivity contribution in [3.63, 3.8) is 0 Å². The van der Waals surface area contributed by atoms with Crippen LogP contribution in [0.15, 0.2) is 36.5 Å². The molecule has 0 aromatic carbocycles. The number of hydrogen-bond donors (Lipinski definition) is 3. The molecule has 0 spiro atoms. The molecule has 0 aliphatic carbocycles. The van der Waals surface area contributed by atoms with Gasteiger partial charge in [-0.25, -0.2) is 4.57 Å². The first-order valence-corrected chi connectivity index (χ1v) is 24.9. The minimum absolute atomic E-state index is 0.166. The summed E-state index contributed by atoms with van der Waals surface area (Å²) in [4.78, 5) is 35.1. The summed E-state index contributed by atoms with van der Waals surface area (Å²) in [5.74, 6) is -0.937. The van der Waals surface area contributed by atoms with Gasteiger partial charge in [0.15, 0.2) is 6.10 Å². The van der Waals surface area contributed by atoms with Gasteiger partial charge in [-0.1, -0.05) is 192 Å². The highest BCUT2D eigenvalue weighted by atomic mass is 31.2. The Kier molecular flexibility index (Phi) is 41.9. The van der Waals surface area contributed by atoms with Crippen molar-refractivity contribution in [1.82, 2.24) is 0 Å². The van der Waals surface area contributed by atoms with Crippen molar-refractivity contribution < 1.29 is 47.8 Å². The number of phosphoric acid groups is 1. The molecule has 0 rings (SSSR count). The van der Waals surface area contributed by atoms with Gasteiger partial charge in [0.25, 0.3) is 0 Å². The van der Waals surface area contributed by atoms with Crippen LogP contribution >= 0.6 is 7.82 Å². The number of esters is 2. The molecule has 0 amide bonds. The Balaban J connectivity index is 4.21. The molecule has 0 fully saturated rings. The Labute approximate surface area is 354 Å². The fourth-order valence-corrected chi connectivity index (χ4v) is 7.27. The zero-order valence-corrected chi connectivity index (χ0v) is 37.9. The Bertz CT molecular complexity index is 1060. The summed E-state index contributed by atoms with van der Waals surface area (Å²) in [6.45, 7) is 2.28. The Morgan fingerprint density at radius 3 is 1.43 bits per heavy atom. The molecule has 10 nitrogen and oxygen atoms in total. The van der Waals surface area contributed by atoms with Gasteiger partial charge in [-0.2, -0.15) is 0 Å². The van der Waals surface area contributed by atoms with Crippen LogP contribution in [0.4, 0.5) is 0 Å². The summed E-state index contributed by atoms with van der Waals surface area (Å²) < 4.78 is 32.8. The van der Waals surface area contributed by atoms with E-state index >= 15 is 0 Å². The molecule has 1 unspecified atom stereocenters. The van der Waals surface area contributed by atoms with Gasteiger partial charge in [-0.05, 0) is 44.9 Å². The zero-order valence-electron chi connectivity index (χ0n) is 37.0. The predicted octanol–water partition coefficient (Wildman–Crippen LogP) is 12.7. The summed E-state index contributed by atoms with van der Waals surface area (Å²) in [6, 6.07) is 0. The van der Waals surface area contributed by atoms with Gasteiger partial charge in [0.05, 0.1) is 19.8 Å². The molecule has 0 aromatic rings. The highest BCUT2D eigenvalue weighted by molar-refractivity contribution is 7.47. The van der Waals surface area contributed by atoms with Gasteiger partial charge in [-0.15, -0.1) is 0 Å². The van der Waals surface area contributed by atoms with Crippen LogP contribution in [0.1, 0.15) is 213 Å². The van der Waals surface area contributed by atoms with E-state index in [1.807, 2.05) is 0 Å². The number of aliphatic hydroxyl groups is 2. The van der Waals surface area contributed by atoms with Crippen molar-refractivity contribution in [2.24, 2.45) is 0 Å². The number of carbonyl (C=O) groups excluding carboxylic acids is 2. The Hall–Kier alpha value is -1.81. The number of allylic oxidation sites excluding steroid dienone is 6. The van der Waals surface area contributed by atoms with E-state index < -0.39 is 51.8 Å². The molecule has 3 N–H and O–H groups in total. The molecule has 0 aliphatic rings. The molecule has 0 bridgehead atoms. The summed E-state index contributed by atoms with van der Waals surface area (Å²) in [5.41, 5.74) is 0. The Morgan fingerprint density at radius 2 is 0.948 bits per heavy atom. The van der Waals surface area contributed by atoms with Gasteiger partial charge in [-0.3, -0.25) is 18.6 Å². The van der Waals surface area contributed by atoms with Crippen molar-refractivity contribution in [1.29, 1.82) is 0 Å². The van der Waals surface area contributed by atoms with Crippen molar-refractivity contribution in [3.8, 4) is 0 Å². The maximum Gasteiger partial charge on any atom is 0.472 e. The summed E-state index contributed by atoms with van der Waals surface area (Å²) in [6.07, 6.45) is 45.4. The number of carbonyl (C=O) groups is 2. The summed E-state index contributed by atoms with van der Waals surface area (Å²) in [5, 5.41) is 18.4. The lowest BCUT2D eigenvalue weighted by atomic mass is 10.0. The number of aliphatic hydroxyl groups excluding tert-OH is 2. The lowest BCUT2D eigenvalue weighted by Crippen LogP contribution is -2.29. The van der Waals surface area contributed by atoms with Crippen molar-refractivity contribution in [2.45, 2.75) is 225 Å². The average molecular weight is 843 g/mol. The van der Waals surface area contributed by atoms with E-state index in [-0.39, 0.29) is 19.4 Å². The number of unbranched alkanes of at least 4 members (excludes halogenated alkanes) is 24. The molecule has 58 heavy (non-hydrogen) atoms. The van der Waals surface area contributed by atoms with Gasteiger partial charge >= 0.3 is 19.8 Å². The second-order valence-corrected chi connectivity index (χ2v) is 17.2. The first-order chi connectivity index (χ1) is 28.2. The lowest BCUT2D eigenvalue weighted by Gasteiger charge is -2.20.